The van der Waals surface area contributed by atoms with Crippen LogP contribution in [0.5, 0.6) is 0 Å². The number of carbonyl (C=O) groups is 1. The van der Waals surface area contributed by atoms with Crippen LogP contribution in [0.3, 0.4) is 0 Å². The molecule has 1 aliphatic rings. The second-order valence-corrected chi connectivity index (χ2v) is 9.11. The summed E-state index contributed by atoms with van der Waals surface area (Å²) in [4.78, 5) is 24.2. The summed E-state index contributed by atoms with van der Waals surface area (Å²) in [6.45, 7) is 7.79. The summed E-state index contributed by atoms with van der Waals surface area (Å²) in [7, 11) is -4.13. The summed E-state index contributed by atoms with van der Waals surface area (Å²) in [5.74, 6) is -0.180. The predicted molar refractivity (Wildman–Crippen MR) is 104 cm³/mol. The third kappa shape index (κ3) is 8.04. The smallest absolute Gasteiger partial charge is 0.217 e. The Morgan fingerprint density at radius 3 is 2.56 bits per heavy atom. The number of ether oxygens (including phenoxy) is 1. The van der Waals surface area contributed by atoms with Crippen LogP contribution in [0.4, 0.5) is 0 Å². The Morgan fingerprint density at radius 2 is 2.00 bits per heavy atom. The molecule has 4 atom stereocenters. The summed E-state index contributed by atoms with van der Waals surface area (Å²) in [6.07, 6.45) is 6.78. The van der Waals surface area contributed by atoms with Crippen LogP contribution >= 0.6 is 7.60 Å². The van der Waals surface area contributed by atoms with Crippen molar-refractivity contribution in [3.63, 3.8) is 0 Å². The average Bonchev–Trinajstić information content (AvgIpc) is 2.61. The standard InChI is InChI=1S/C19H37N2O5P/c1-5-8-9-10-11-25-27(23,24)16-12-17(20)19(21-14(4)22)18(13-16)26-15(6-2)7-3/h13,15,17-19H,5-12,20H2,1-4H3,(H,21,22)(H,23,24)/t17-,18+,19+/m0/s1. The van der Waals surface area contributed by atoms with E-state index in [-0.39, 0.29) is 42.4 Å². The lowest BCUT2D eigenvalue weighted by Crippen LogP contribution is -2.73. The Morgan fingerprint density at radius 1 is 1.33 bits per heavy atom. The van der Waals surface area contributed by atoms with Gasteiger partial charge in [0.15, 0.2) is 7.60 Å². The number of amides is 1. The number of hydrogen-bond acceptors (Lipinski definition) is 5. The molecule has 27 heavy (non-hydrogen) atoms. The molecule has 0 heterocycles. The molecular weight excluding hydrogens is 367 g/mol. The maximum Gasteiger partial charge on any atom is 0.217 e. The van der Waals surface area contributed by atoms with Gasteiger partial charge in [-0.25, -0.2) is 0 Å². The molecule has 0 spiro atoms. The first-order valence-electron chi connectivity index (χ1n) is 10.2. The summed E-state index contributed by atoms with van der Waals surface area (Å²) >= 11 is 0. The Hall–Kier alpha value is -0.720. The first-order valence-corrected chi connectivity index (χ1v) is 11.7. The fraction of sp³-hybridized carbons (Fsp3) is 0.842. The fourth-order valence-electron chi connectivity index (χ4n) is 3.29. The van der Waals surface area contributed by atoms with Crippen LogP contribution in [0.15, 0.2) is 11.4 Å². The summed E-state index contributed by atoms with van der Waals surface area (Å²) in [5.41, 5.74) is 4.07. The average molecular weight is 404 g/mol. The van der Waals surface area contributed by atoms with Gasteiger partial charge in [-0.3, -0.25) is 4.79 Å². The highest BCUT2D eigenvalue weighted by Gasteiger charge is 2.38. The monoisotopic (exact) mass is 404 g/mol. The molecule has 7 nitrogen and oxygen atoms in total. The zero-order valence-corrected chi connectivity index (χ0v) is 18.1. The van der Waals surface area contributed by atoms with E-state index < -0.39 is 13.7 Å². The van der Waals surface area contributed by atoms with Gasteiger partial charge in [0.05, 0.1) is 12.7 Å². The van der Waals surface area contributed by atoms with Crippen LogP contribution < -0.4 is 15.9 Å². The molecule has 0 radical (unpaired) electrons. The highest BCUT2D eigenvalue weighted by Crippen LogP contribution is 2.50. The molecule has 1 unspecified atom stereocenters. The van der Waals surface area contributed by atoms with E-state index >= 15 is 0 Å². The van der Waals surface area contributed by atoms with Crippen molar-refractivity contribution < 1.29 is 29.2 Å². The first-order chi connectivity index (χ1) is 12.7. The van der Waals surface area contributed by atoms with Gasteiger partial charge in [-0.2, -0.15) is 0 Å². The lowest BCUT2D eigenvalue weighted by Gasteiger charge is -2.38. The normalized spacial score (nSPS) is 25.1. The molecule has 0 fully saturated rings. The number of nitrogens with one attached hydrogen (secondary N) is 1. The predicted octanol–water partition coefficient (Wildman–Crippen LogP) is 2.11. The molecule has 8 heteroatoms. The van der Waals surface area contributed by atoms with Crippen LogP contribution in [-0.2, 0) is 18.6 Å². The van der Waals surface area contributed by atoms with Crippen LogP contribution in [-0.4, -0.2) is 36.8 Å². The van der Waals surface area contributed by atoms with Crippen molar-refractivity contribution in [3.05, 3.63) is 11.4 Å². The molecule has 0 aromatic rings. The highest BCUT2D eigenvalue weighted by molar-refractivity contribution is 7.56. The topological polar surface area (TPSA) is 115 Å². The van der Waals surface area contributed by atoms with Gasteiger partial charge < -0.3 is 29.8 Å². The lowest BCUT2D eigenvalue weighted by atomic mass is 9.93. The number of unbranched alkanes of at least 4 members (excludes halogenated alkanes) is 3. The molecule has 0 aliphatic heterocycles. The van der Waals surface area contributed by atoms with Gasteiger partial charge in [0, 0.05) is 18.7 Å². The Balaban J connectivity index is 2.92. The zero-order chi connectivity index (χ0) is 20.4. The van der Waals surface area contributed by atoms with Crippen molar-refractivity contribution in [2.75, 3.05) is 6.61 Å². The number of hydrogen-bond donors (Lipinski definition) is 2. The van der Waals surface area contributed by atoms with Gasteiger partial charge >= 0.3 is 0 Å². The number of rotatable bonds is 12. The van der Waals surface area contributed by atoms with E-state index in [9.17, 15) is 14.3 Å². The van der Waals surface area contributed by atoms with E-state index in [1.165, 1.54) is 6.92 Å². The van der Waals surface area contributed by atoms with Gasteiger partial charge in [0.2, 0.25) is 5.91 Å². The minimum absolute atomic E-state index is 0.00458. The Kier molecular flexibility index (Phi) is 10.8. The molecule has 1 amide bonds. The Bertz CT molecular complexity index is 536. The van der Waals surface area contributed by atoms with E-state index in [1.54, 1.807) is 6.08 Å². The van der Waals surface area contributed by atoms with Gasteiger partial charge in [0.1, 0.15) is 18.2 Å². The van der Waals surface area contributed by atoms with Crippen LogP contribution in [0.25, 0.3) is 0 Å². The molecule has 1 aliphatic carbocycles. The second-order valence-electron chi connectivity index (χ2n) is 7.28. The molecule has 0 aromatic carbocycles. The minimum Gasteiger partial charge on any atom is -0.775 e. The highest BCUT2D eigenvalue weighted by atomic mass is 31.2. The van der Waals surface area contributed by atoms with E-state index in [4.69, 9.17) is 9.26 Å². The molecule has 4 N–H and O–H groups in total. The van der Waals surface area contributed by atoms with Crippen molar-refractivity contribution in [1.29, 1.82) is 0 Å². The van der Waals surface area contributed by atoms with Crippen molar-refractivity contribution in [2.45, 2.75) is 96.9 Å². The summed E-state index contributed by atoms with van der Waals surface area (Å²) in [6, 6.07) is -0.657. The fourth-order valence-corrected chi connectivity index (χ4v) is 4.61. The molecule has 0 bridgehead atoms. The number of carbonyl (C=O) groups excluding carboxylic acids is 1. The van der Waals surface area contributed by atoms with Crippen molar-refractivity contribution in [2.24, 2.45) is 0 Å². The van der Waals surface area contributed by atoms with Crippen molar-refractivity contribution in [3.8, 4) is 0 Å². The first kappa shape index (κ1) is 24.3. The molecule has 158 valence electrons. The summed E-state index contributed by atoms with van der Waals surface area (Å²) in [5, 5.41) is 3.10. The van der Waals surface area contributed by atoms with Gasteiger partial charge in [-0.15, -0.1) is 0 Å². The minimum atomic E-state index is -4.13. The summed E-state index contributed by atoms with van der Waals surface area (Å²) < 4.78 is 24.0. The molecule has 0 saturated carbocycles. The molecule has 1 rings (SSSR count). The third-order valence-electron chi connectivity index (χ3n) is 4.93. The van der Waals surface area contributed by atoms with Gasteiger partial charge in [-0.05, 0) is 25.3 Å². The molecular formula is C19H37N2O5P. The molecule has 0 aromatic heterocycles. The lowest BCUT2D eigenvalue weighted by molar-refractivity contribution is -0.429. The maximum absolute atomic E-state index is 12.6. The van der Waals surface area contributed by atoms with Crippen molar-refractivity contribution >= 4 is 13.5 Å². The van der Waals surface area contributed by atoms with E-state index in [0.29, 0.717) is 0 Å². The van der Waals surface area contributed by atoms with Crippen LogP contribution in [0, 0.1) is 0 Å². The SMILES string of the molecule is CCCCCCOP(=O)([O-])C1=C[C@@H](OC(CC)CC)[C@H](NC(C)=O)[C@@H]([NH3+])C1. The second kappa shape index (κ2) is 12.0. The quantitative estimate of drug-likeness (QED) is 0.382. The van der Waals surface area contributed by atoms with Crippen molar-refractivity contribution in [1.82, 2.24) is 5.32 Å². The van der Waals surface area contributed by atoms with Gasteiger partial charge in [-0.1, -0.05) is 40.0 Å². The number of quaternary nitrogens is 1. The third-order valence-corrected chi connectivity index (χ3v) is 6.49. The van der Waals surface area contributed by atoms with Crippen LogP contribution in [0.1, 0.15) is 72.6 Å². The zero-order valence-electron chi connectivity index (χ0n) is 17.2. The van der Waals surface area contributed by atoms with E-state index in [2.05, 4.69) is 18.0 Å². The Labute approximate surface area is 163 Å². The molecule has 0 saturated heterocycles. The van der Waals surface area contributed by atoms with E-state index in [0.717, 1.165) is 38.5 Å². The largest absolute Gasteiger partial charge is 0.775 e. The van der Waals surface area contributed by atoms with Gasteiger partial charge in [0.25, 0.3) is 0 Å². The van der Waals surface area contributed by atoms with E-state index in [1.807, 2.05) is 13.8 Å². The maximum atomic E-state index is 12.6. The van der Waals surface area contributed by atoms with Crippen LogP contribution in [0.2, 0.25) is 0 Å².